The minimum atomic E-state index is 0.543. The first kappa shape index (κ1) is 15.4. The van der Waals surface area contributed by atoms with E-state index in [1.165, 1.54) is 32.1 Å². The quantitative estimate of drug-likeness (QED) is 0.544. The van der Waals surface area contributed by atoms with Crippen LogP contribution in [0.4, 0.5) is 11.4 Å². The Balaban J connectivity index is 2.18. The van der Waals surface area contributed by atoms with Crippen molar-refractivity contribution in [3.8, 4) is 6.07 Å². The molecule has 3 nitrogen and oxygen atoms in total. The van der Waals surface area contributed by atoms with Crippen LogP contribution >= 0.6 is 0 Å². The van der Waals surface area contributed by atoms with E-state index in [2.05, 4.69) is 25.2 Å². The van der Waals surface area contributed by atoms with Gasteiger partial charge in [0.1, 0.15) is 6.07 Å². The van der Waals surface area contributed by atoms with E-state index < -0.39 is 0 Å². The number of rotatable bonds is 8. The minimum Gasteiger partial charge on any atom is -0.398 e. The third-order valence-electron chi connectivity index (χ3n) is 3.21. The third-order valence-corrected chi connectivity index (χ3v) is 3.21. The molecule has 0 radical (unpaired) electrons. The maximum Gasteiger partial charge on any atom is 0.101 e. The highest BCUT2D eigenvalue weighted by Crippen LogP contribution is 2.17. The van der Waals surface area contributed by atoms with Crippen LogP contribution in [0.1, 0.15) is 51.5 Å². The summed E-state index contributed by atoms with van der Waals surface area (Å²) in [7, 11) is 0. The highest BCUT2D eigenvalue weighted by Gasteiger charge is 1.99. The highest BCUT2D eigenvalue weighted by molar-refractivity contribution is 5.61. The van der Waals surface area contributed by atoms with E-state index >= 15 is 0 Å². The molecule has 104 valence electrons. The van der Waals surface area contributed by atoms with Gasteiger partial charge < -0.3 is 11.1 Å². The Kier molecular flexibility index (Phi) is 6.81. The van der Waals surface area contributed by atoms with E-state index in [1.54, 1.807) is 6.07 Å². The van der Waals surface area contributed by atoms with E-state index in [0.29, 0.717) is 11.3 Å². The first-order valence-corrected chi connectivity index (χ1v) is 7.17. The van der Waals surface area contributed by atoms with Gasteiger partial charge in [0.25, 0.3) is 0 Å². The fourth-order valence-electron chi connectivity index (χ4n) is 2.03. The van der Waals surface area contributed by atoms with Gasteiger partial charge in [-0.15, -0.1) is 0 Å². The topological polar surface area (TPSA) is 61.8 Å². The van der Waals surface area contributed by atoms with E-state index in [4.69, 9.17) is 11.0 Å². The monoisotopic (exact) mass is 259 g/mol. The Labute approximate surface area is 116 Å². The standard InChI is InChI=1S/C16H25N3/c1-13(2)7-5-3-4-6-10-19-15-8-9-16(18)14(11-15)12-17/h8-9,11,13,19H,3-7,10,18H2,1-2H3. The molecule has 3 heteroatoms. The lowest BCUT2D eigenvalue weighted by molar-refractivity contribution is 0.523. The molecule has 1 rings (SSSR count). The fourth-order valence-corrected chi connectivity index (χ4v) is 2.03. The number of nitrogens with two attached hydrogens (primary N) is 1. The smallest absolute Gasteiger partial charge is 0.101 e. The SMILES string of the molecule is CC(C)CCCCCCNc1ccc(N)c(C#N)c1. The number of unbranched alkanes of at least 4 members (excludes halogenated alkanes) is 3. The fraction of sp³-hybridized carbons (Fsp3) is 0.562. The predicted octanol–water partition coefficient (Wildman–Crippen LogP) is 4.16. The number of nitrogens with one attached hydrogen (secondary N) is 1. The summed E-state index contributed by atoms with van der Waals surface area (Å²) >= 11 is 0. The molecule has 0 fully saturated rings. The van der Waals surface area contributed by atoms with Gasteiger partial charge in [0.15, 0.2) is 0 Å². The van der Waals surface area contributed by atoms with Crippen LogP contribution in [0, 0.1) is 17.2 Å². The van der Waals surface area contributed by atoms with Crippen molar-refractivity contribution in [3.63, 3.8) is 0 Å². The molecule has 0 aliphatic rings. The summed E-state index contributed by atoms with van der Waals surface area (Å²) in [5, 5.41) is 12.2. The summed E-state index contributed by atoms with van der Waals surface area (Å²) in [6.07, 6.45) is 6.41. The van der Waals surface area contributed by atoms with Crippen molar-refractivity contribution >= 4 is 11.4 Å². The largest absolute Gasteiger partial charge is 0.398 e. The Morgan fingerprint density at radius 3 is 2.63 bits per heavy atom. The lowest BCUT2D eigenvalue weighted by Gasteiger charge is -2.08. The third kappa shape index (κ3) is 6.15. The zero-order valence-electron chi connectivity index (χ0n) is 12.1. The molecule has 0 spiro atoms. The van der Waals surface area contributed by atoms with Gasteiger partial charge in [0.2, 0.25) is 0 Å². The van der Waals surface area contributed by atoms with Gasteiger partial charge in [-0.3, -0.25) is 0 Å². The molecule has 1 aromatic carbocycles. The first-order valence-electron chi connectivity index (χ1n) is 7.17. The van der Waals surface area contributed by atoms with Gasteiger partial charge in [0.05, 0.1) is 5.56 Å². The second kappa shape index (κ2) is 8.42. The Morgan fingerprint density at radius 1 is 1.21 bits per heavy atom. The Morgan fingerprint density at radius 2 is 1.95 bits per heavy atom. The summed E-state index contributed by atoms with van der Waals surface area (Å²) in [4.78, 5) is 0. The lowest BCUT2D eigenvalue weighted by Crippen LogP contribution is -2.02. The van der Waals surface area contributed by atoms with Gasteiger partial charge in [-0.1, -0.05) is 39.5 Å². The summed E-state index contributed by atoms with van der Waals surface area (Å²) in [5.41, 5.74) is 7.75. The maximum atomic E-state index is 8.90. The number of hydrogen-bond donors (Lipinski definition) is 2. The molecule has 1 aromatic rings. The minimum absolute atomic E-state index is 0.543. The van der Waals surface area contributed by atoms with Crippen LogP contribution in [-0.2, 0) is 0 Å². The van der Waals surface area contributed by atoms with Gasteiger partial charge in [0, 0.05) is 17.9 Å². The second-order valence-corrected chi connectivity index (χ2v) is 5.44. The second-order valence-electron chi connectivity index (χ2n) is 5.44. The molecular formula is C16H25N3. The van der Waals surface area contributed by atoms with Crippen LogP contribution < -0.4 is 11.1 Å². The van der Waals surface area contributed by atoms with E-state index in [0.717, 1.165) is 18.2 Å². The molecule has 0 amide bonds. The van der Waals surface area contributed by atoms with Gasteiger partial charge in [-0.25, -0.2) is 0 Å². The molecule has 3 N–H and O–H groups in total. The van der Waals surface area contributed by atoms with Crippen LogP contribution in [0.2, 0.25) is 0 Å². The van der Waals surface area contributed by atoms with Crippen LogP contribution in [0.3, 0.4) is 0 Å². The predicted molar refractivity (Wildman–Crippen MR) is 82.0 cm³/mol. The molecular weight excluding hydrogens is 234 g/mol. The number of nitrogens with zero attached hydrogens (tertiary/aromatic N) is 1. The van der Waals surface area contributed by atoms with Crippen molar-refractivity contribution in [2.45, 2.75) is 46.0 Å². The number of nitrogen functional groups attached to an aromatic ring is 1. The lowest BCUT2D eigenvalue weighted by atomic mass is 10.0. The Hall–Kier alpha value is -1.69. The van der Waals surface area contributed by atoms with Gasteiger partial charge in [-0.2, -0.15) is 5.26 Å². The van der Waals surface area contributed by atoms with Crippen molar-refractivity contribution < 1.29 is 0 Å². The zero-order chi connectivity index (χ0) is 14.1. The van der Waals surface area contributed by atoms with Crippen molar-refractivity contribution in [2.75, 3.05) is 17.6 Å². The summed E-state index contributed by atoms with van der Waals surface area (Å²) in [6, 6.07) is 7.62. The first-order chi connectivity index (χ1) is 9.13. The number of hydrogen-bond acceptors (Lipinski definition) is 3. The summed E-state index contributed by atoms with van der Waals surface area (Å²) in [5.74, 6) is 0.817. The zero-order valence-corrected chi connectivity index (χ0v) is 12.1. The molecule has 0 atom stereocenters. The average Bonchev–Trinajstić information content (AvgIpc) is 2.39. The van der Waals surface area contributed by atoms with Crippen molar-refractivity contribution in [1.29, 1.82) is 5.26 Å². The average molecular weight is 259 g/mol. The van der Waals surface area contributed by atoms with Crippen molar-refractivity contribution in [2.24, 2.45) is 5.92 Å². The van der Waals surface area contributed by atoms with Crippen LogP contribution in [0.25, 0.3) is 0 Å². The molecule has 0 bridgehead atoms. The molecule has 0 heterocycles. The van der Waals surface area contributed by atoms with Crippen LogP contribution in [0.5, 0.6) is 0 Å². The number of nitriles is 1. The van der Waals surface area contributed by atoms with Gasteiger partial charge >= 0.3 is 0 Å². The van der Waals surface area contributed by atoms with E-state index in [-0.39, 0.29) is 0 Å². The molecule has 19 heavy (non-hydrogen) atoms. The van der Waals surface area contributed by atoms with Crippen molar-refractivity contribution in [3.05, 3.63) is 23.8 Å². The summed E-state index contributed by atoms with van der Waals surface area (Å²) in [6.45, 7) is 5.50. The van der Waals surface area contributed by atoms with Crippen molar-refractivity contribution in [1.82, 2.24) is 0 Å². The molecule has 0 unspecified atom stereocenters. The highest BCUT2D eigenvalue weighted by atomic mass is 14.9. The van der Waals surface area contributed by atoms with Crippen LogP contribution in [0.15, 0.2) is 18.2 Å². The molecule has 0 aliphatic carbocycles. The normalized spacial score (nSPS) is 10.4. The summed E-state index contributed by atoms with van der Waals surface area (Å²) < 4.78 is 0. The maximum absolute atomic E-state index is 8.90. The molecule has 0 aromatic heterocycles. The molecule has 0 saturated carbocycles. The number of benzene rings is 1. The number of anilines is 2. The molecule has 0 saturated heterocycles. The van der Waals surface area contributed by atoms with Crippen LogP contribution in [-0.4, -0.2) is 6.54 Å². The molecule has 0 aliphatic heterocycles. The van der Waals surface area contributed by atoms with Gasteiger partial charge in [-0.05, 0) is 30.5 Å². The van der Waals surface area contributed by atoms with E-state index in [9.17, 15) is 0 Å². The van der Waals surface area contributed by atoms with E-state index in [1.807, 2.05) is 12.1 Å². The Bertz CT molecular complexity index is 418.